The molecule has 0 saturated carbocycles. The standard InChI is InChI=1S/C15H18ClN3O2S/c1-9-12(16)5-4-6-13(9)18-14(21)10(2)22-15-17-7-11(8-20)19(15)3/h4-7,10,20H,8H2,1-3H3,(H,18,21). The minimum Gasteiger partial charge on any atom is -0.390 e. The quantitative estimate of drug-likeness (QED) is 0.822. The lowest BCUT2D eigenvalue weighted by molar-refractivity contribution is -0.115. The summed E-state index contributed by atoms with van der Waals surface area (Å²) in [5.41, 5.74) is 2.26. The van der Waals surface area contributed by atoms with Gasteiger partial charge in [-0.2, -0.15) is 0 Å². The van der Waals surface area contributed by atoms with Gasteiger partial charge in [-0.3, -0.25) is 4.79 Å². The number of carbonyl (C=O) groups excluding carboxylic acids is 1. The zero-order chi connectivity index (χ0) is 16.3. The number of nitrogens with one attached hydrogen (secondary N) is 1. The molecule has 1 amide bonds. The fourth-order valence-electron chi connectivity index (χ4n) is 1.87. The van der Waals surface area contributed by atoms with Crippen LogP contribution in [0.2, 0.25) is 5.02 Å². The van der Waals surface area contributed by atoms with Crippen LogP contribution in [0.3, 0.4) is 0 Å². The van der Waals surface area contributed by atoms with E-state index in [0.717, 1.165) is 5.56 Å². The van der Waals surface area contributed by atoms with E-state index in [4.69, 9.17) is 16.7 Å². The van der Waals surface area contributed by atoms with Crippen molar-refractivity contribution in [2.75, 3.05) is 5.32 Å². The summed E-state index contributed by atoms with van der Waals surface area (Å²) in [5, 5.41) is 13.0. The molecule has 1 heterocycles. The largest absolute Gasteiger partial charge is 0.390 e. The van der Waals surface area contributed by atoms with Crippen LogP contribution in [0.4, 0.5) is 5.69 Å². The molecule has 118 valence electrons. The lowest BCUT2D eigenvalue weighted by atomic mass is 10.2. The highest BCUT2D eigenvalue weighted by Crippen LogP contribution is 2.26. The predicted molar refractivity (Wildman–Crippen MR) is 89.3 cm³/mol. The molecule has 1 atom stereocenters. The molecular weight excluding hydrogens is 322 g/mol. The smallest absolute Gasteiger partial charge is 0.237 e. The molecule has 2 N–H and O–H groups in total. The molecular formula is C15H18ClN3O2S. The fourth-order valence-corrected chi connectivity index (χ4v) is 2.92. The molecule has 0 aliphatic heterocycles. The van der Waals surface area contributed by atoms with Crippen LogP contribution in [0.15, 0.2) is 29.6 Å². The number of amides is 1. The van der Waals surface area contributed by atoms with Crippen LogP contribution in [0.5, 0.6) is 0 Å². The van der Waals surface area contributed by atoms with Crippen molar-refractivity contribution < 1.29 is 9.90 Å². The minimum atomic E-state index is -0.328. The topological polar surface area (TPSA) is 67.2 Å². The third-order valence-corrected chi connectivity index (χ3v) is 4.95. The van der Waals surface area contributed by atoms with Crippen molar-refractivity contribution in [3.8, 4) is 0 Å². The van der Waals surface area contributed by atoms with Gasteiger partial charge in [0.15, 0.2) is 5.16 Å². The van der Waals surface area contributed by atoms with E-state index in [9.17, 15) is 4.79 Å². The van der Waals surface area contributed by atoms with Gasteiger partial charge in [-0.15, -0.1) is 0 Å². The summed E-state index contributed by atoms with van der Waals surface area (Å²) in [4.78, 5) is 16.5. The fraction of sp³-hybridized carbons (Fsp3) is 0.333. The molecule has 0 aliphatic carbocycles. The second kappa shape index (κ2) is 7.17. The van der Waals surface area contributed by atoms with Gasteiger partial charge in [0.1, 0.15) is 0 Å². The Bertz CT molecular complexity index is 687. The van der Waals surface area contributed by atoms with Crippen LogP contribution in [-0.4, -0.2) is 25.8 Å². The zero-order valence-electron chi connectivity index (χ0n) is 12.6. The summed E-state index contributed by atoms with van der Waals surface area (Å²) in [6, 6.07) is 5.41. The van der Waals surface area contributed by atoms with Gasteiger partial charge < -0.3 is 15.0 Å². The number of anilines is 1. The van der Waals surface area contributed by atoms with Crippen molar-refractivity contribution in [3.63, 3.8) is 0 Å². The Morgan fingerprint density at radius 1 is 1.55 bits per heavy atom. The van der Waals surface area contributed by atoms with E-state index < -0.39 is 0 Å². The molecule has 0 radical (unpaired) electrons. The number of aliphatic hydroxyl groups excluding tert-OH is 1. The van der Waals surface area contributed by atoms with E-state index >= 15 is 0 Å². The molecule has 1 aromatic heterocycles. The highest BCUT2D eigenvalue weighted by Gasteiger charge is 2.18. The molecule has 1 aromatic carbocycles. The summed E-state index contributed by atoms with van der Waals surface area (Å²) < 4.78 is 1.78. The van der Waals surface area contributed by atoms with Gasteiger partial charge in [-0.25, -0.2) is 4.98 Å². The first kappa shape index (κ1) is 16.9. The molecule has 0 spiro atoms. The molecule has 7 heteroatoms. The van der Waals surface area contributed by atoms with Gasteiger partial charge in [0.2, 0.25) is 5.91 Å². The molecule has 22 heavy (non-hydrogen) atoms. The Balaban J connectivity index is 2.06. The van der Waals surface area contributed by atoms with Crippen LogP contribution >= 0.6 is 23.4 Å². The molecule has 1 unspecified atom stereocenters. The lowest BCUT2D eigenvalue weighted by Gasteiger charge is -2.14. The number of thioether (sulfide) groups is 1. The van der Waals surface area contributed by atoms with E-state index in [1.54, 1.807) is 22.9 Å². The van der Waals surface area contributed by atoms with E-state index in [-0.39, 0.29) is 17.8 Å². The monoisotopic (exact) mass is 339 g/mol. The number of carbonyl (C=O) groups is 1. The number of benzene rings is 1. The molecule has 0 fully saturated rings. The normalized spacial score (nSPS) is 12.2. The maximum atomic E-state index is 12.3. The number of aliphatic hydroxyl groups is 1. The molecule has 0 bridgehead atoms. The Labute approximate surface area is 138 Å². The number of aromatic nitrogens is 2. The predicted octanol–water partition coefficient (Wildman–Crippen LogP) is 2.99. The number of hydrogen-bond donors (Lipinski definition) is 2. The average molecular weight is 340 g/mol. The van der Waals surface area contributed by atoms with Crippen molar-refractivity contribution in [2.24, 2.45) is 7.05 Å². The second-order valence-corrected chi connectivity index (χ2v) is 6.63. The van der Waals surface area contributed by atoms with Crippen molar-refractivity contribution in [3.05, 3.63) is 40.7 Å². The van der Waals surface area contributed by atoms with E-state index in [0.29, 0.717) is 21.6 Å². The van der Waals surface area contributed by atoms with Crippen LogP contribution in [-0.2, 0) is 18.4 Å². The Morgan fingerprint density at radius 2 is 2.27 bits per heavy atom. The Hall–Kier alpha value is -1.50. The summed E-state index contributed by atoms with van der Waals surface area (Å²) in [6.45, 7) is 3.60. The number of imidazole rings is 1. The zero-order valence-corrected chi connectivity index (χ0v) is 14.2. The first-order valence-electron chi connectivity index (χ1n) is 6.78. The van der Waals surface area contributed by atoms with E-state index in [2.05, 4.69) is 10.3 Å². The van der Waals surface area contributed by atoms with Crippen molar-refractivity contribution in [1.82, 2.24) is 9.55 Å². The van der Waals surface area contributed by atoms with E-state index in [1.165, 1.54) is 11.8 Å². The van der Waals surface area contributed by atoms with E-state index in [1.807, 2.05) is 27.0 Å². The number of nitrogens with zero attached hydrogens (tertiary/aromatic N) is 2. The van der Waals surface area contributed by atoms with Crippen LogP contribution in [0.1, 0.15) is 18.2 Å². The van der Waals surface area contributed by atoms with Crippen LogP contribution in [0, 0.1) is 6.92 Å². The second-order valence-electron chi connectivity index (χ2n) is 4.91. The maximum Gasteiger partial charge on any atom is 0.237 e. The maximum absolute atomic E-state index is 12.3. The number of rotatable bonds is 5. The molecule has 5 nitrogen and oxygen atoms in total. The summed E-state index contributed by atoms with van der Waals surface area (Å²) in [7, 11) is 1.81. The lowest BCUT2D eigenvalue weighted by Crippen LogP contribution is -2.23. The minimum absolute atomic E-state index is 0.0770. The Morgan fingerprint density at radius 3 is 2.91 bits per heavy atom. The van der Waals surface area contributed by atoms with Gasteiger partial charge in [0.05, 0.1) is 23.7 Å². The van der Waals surface area contributed by atoms with Crippen molar-refractivity contribution in [1.29, 1.82) is 0 Å². The summed E-state index contributed by atoms with van der Waals surface area (Å²) in [5.74, 6) is -0.121. The molecule has 2 rings (SSSR count). The highest BCUT2D eigenvalue weighted by molar-refractivity contribution is 8.00. The summed E-state index contributed by atoms with van der Waals surface area (Å²) >= 11 is 7.39. The van der Waals surface area contributed by atoms with Gasteiger partial charge in [-0.05, 0) is 31.5 Å². The third-order valence-electron chi connectivity index (χ3n) is 3.38. The van der Waals surface area contributed by atoms with Crippen molar-refractivity contribution in [2.45, 2.75) is 30.9 Å². The molecule has 0 aliphatic rings. The van der Waals surface area contributed by atoms with Gasteiger partial charge in [0.25, 0.3) is 0 Å². The molecule has 2 aromatic rings. The SMILES string of the molecule is Cc1c(Cl)cccc1NC(=O)C(C)Sc1ncc(CO)n1C. The van der Waals surface area contributed by atoms with Crippen LogP contribution in [0.25, 0.3) is 0 Å². The number of hydrogen-bond acceptors (Lipinski definition) is 4. The van der Waals surface area contributed by atoms with Crippen LogP contribution < -0.4 is 5.32 Å². The highest BCUT2D eigenvalue weighted by atomic mass is 35.5. The molecule has 0 saturated heterocycles. The van der Waals surface area contributed by atoms with Gasteiger partial charge >= 0.3 is 0 Å². The Kier molecular flexibility index (Phi) is 5.50. The van der Waals surface area contributed by atoms with Crippen molar-refractivity contribution >= 4 is 35.0 Å². The first-order chi connectivity index (χ1) is 10.4. The third kappa shape index (κ3) is 3.63. The van der Waals surface area contributed by atoms with Gasteiger partial charge in [0, 0.05) is 17.8 Å². The first-order valence-corrected chi connectivity index (χ1v) is 8.04. The van der Waals surface area contributed by atoms with Gasteiger partial charge in [-0.1, -0.05) is 29.4 Å². The summed E-state index contributed by atoms with van der Waals surface area (Å²) in [6.07, 6.45) is 1.61. The average Bonchev–Trinajstić information content (AvgIpc) is 2.84. The number of halogens is 1.